The van der Waals surface area contributed by atoms with Crippen molar-refractivity contribution in [3.63, 3.8) is 0 Å². The molecular formula is C18H14Cl2N2O2. The smallest absolute Gasteiger partial charge is 0.257 e. The number of hydrogen-bond donors (Lipinski definition) is 2. The van der Waals surface area contributed by atoms with Crippen molar-refractivity contribution in [2.24, 2.45) is 0 Å². The minimum atomic E-state index is -0.365. The number of hydrogen-bond acceptors (Lipinski definition) is 2. The van der Waals surface area contributed by atoms with Crippen LogP contribution in [0, 0.1) is 0 Å². The molecule has 2 N–H and O–H groups in total. The Hall–Kier alpha value is -2.30. The largest absolute Gasteiger partial charge is 0.322 e. The van der Waals surface area contributed by atoms with Gasteiger partial charge in [0.15, 0.2) is 0 Å². The first-order chi connectivity index (χ1) is 11.5. The number of anilines is 1. The first-order valence-corrected chi connectivity index (χ1v) is 8.16. The number of benzene rings is 2. The SMILES string of the molecule is CCc1cc(=O)[nH]c2cc(NC(=O)c3cc(Cl)ccc3Cl)ccc12. The average molecular weight is 361 g/mol. The summed E-state index contributed by atoms with van der Waals surface area (Å²) < 4.78 is 0. The van der Waals surface area contributed by atoms with Gasteiger partial charge in [-0.25, -0.2) is 0 Å². The van der Waals surface area contributed by atoms with Crippen molar-refractivity contribution < 1.29 is 4.79 Å². The molecule has 6 heteroatoms. The van der Waals surface area contributed by atoms with Crippen molar-refractivity contribution in [1.29, 1.82) is 0 Å². The lowest BCUT2D eigenvalue weighted by Gasteiger charge is -2.09. The molecule has 0 spiro atoms. The number of pyridine rings is 1. The Balaban J connectivity index is 1.97. The molecule has 24 heavy (non-hydrogen) atoms. The van der Waals surface area contributed by atoms with E-state index >= 15 is 0 Å². The minimum absolute atomic E-state index is 0.166. The minimum Gasteiger partial charge on any atom is -0.322 e. The zero-order valence-electron chi connectivity index (χ0n) is 12.8. The first-order valence-electron chi connectivity index (χ1n) is 7.40. The third-order valence-corrected chi connectivity index (χ3v) is 4.31. The predicted octanol–water partition coefficient (Wildman–Crippen LogP) is 4.65. The Morgan fingerprint density at radius 1 is 1.12 bits per heavy atom. The Morgan fingerprint density at radius 3 is 2.67 bits per heavy atom. The molecule has 0 aliphatic carbocycles. The fourth-order valence-electron chi connectivity index (χ4n) is 2.57. The summed E-state index contributed by atoms with van der Waals surface area (Å²) in [6.07, 6.45) is 0.754. The van der Waals surface area contributed by atoms with Crippen LogP contribution in [0.1, 0.15) is 22.8 Å². The van der Waals surface area contributed by atoms with Crippen LogP contribution in [0.4, 0.5) is 5.69 Å². The molecule has 0 unspecified atom stereocenters. The van der Waals surface area contributed by atoms with E-state index in [-0.39, 0.29) is 11.5 Å². The van der Waals surface area contributed by atoms with Crippen LogP contribution in [-0.4, -0.2) is 10.9 Å². The van der Waals surface area contributed by atoms with E-state index in [1.807, 2.05) is 13.0 Å². The lowest BCUT2D eigenvalue weighted by molar-refractivity contribution is 0.102. The second-order valence-electron chi connectivity index (χ2n) is 5.35. The molecule has 1 heterocycles. The second kappa shape index (κ2) is 6.67. The van der Waals surface area contributed by atoms with E-state index in [0.717, 1.165) is 17.4 Å². The molecule has 0 aliphatic rings. The molecule has 3 rings (SSSR count). The number of H-pyrrole nitrogens is 1. The number of carbonyl (C=O) groups is 1. The van der Waals surface area contributed by atoms with Crippen LogP contribution in [0.25, 0.3) is 10.9 Å². The van der Waals surface area contributed by atoms with Gasteiger partial charge in [0.1, 0.15) is 0 Å². The van der Waals surface area contributed by atoms with Crippen molar-refractivity contribution in [1.82, 2.24) is 4.98 Å². The van der Waals surface area contributed by atoms with E-state index in [1.54, 1.807) is 30.3 Å². The number of carbonyl (C=O) groups excluding carboxylic acids is 1. The molecule has 1 amide bonds. The summed E-state index contributed by atoms with van der Waals surface area (Å²) in [4.78, 5) is 26.9. The normalized spacial score (nSPS) is 10.8. The molecule has 0 saturated heterocycles. The summed E-state index contributed by atoms with van der Waals surface area (Å²) in [6.45, 7) is 1.99. The van der Waals surface area contributed by atoms with Crippen molar-refractivity contribution in [3.05, 3.63) is 74.0 Å². The molecule has 2 aromatic carbocycles. The molecule has 4 nitrogen and oxygen atoms in total. The standard InChI is InChI=1S/C18H14Cl2N2O2/c1-2-10-7-17(23)22-16-9-12(4-5-13(10)16)21-18(24)14-8-11(19)3-6-15(14)20/h3-9H,2H2,1H3,(H,21,24)(H,22,23). The van der Waals surface area contributed by atoms with Crippen LogP contribution in [0.3, 0.4) is 0 Å². The maximum Gasteiger partial charge on any atom is 0.257 e. The highest BCUT2D eigenvalue weighted by atomic mass is 35.5. The van der Waals surface area contributed by atoms with Crippen molar-refractivity contribution in [2.75, 3.05) is 5.32 Å². The summed E-state index contributed by atoms with van der Waals surface area (Å²) in [5.41, 5.74) is 2.33. The van der Waals surface area contributed by atoms with Crippen molar-refractivity contribution in [3.8, 4) is 0 Å². The van der Waals surface area contributed by atoms with Gasteiger partial charge in [0.25, 0.3) is 5.91 Å². The number of halogens is 2. The third kappa shape index (κ3) is 3.30. The van der Waals surface area contributed by atoms with E-state index in [0.29, 0.717) is 26.8 Å². The Labute approximate surface area is 148 Å². The summed E-state index contributed by atoms with van der Waals surface area (Å²) in [5.74, 6) is -0.365. The lowest BCUT2D eigenvalue weighted by atomic mass is 10.1. The Morgan fingerprint density at radius 2 is 1.92 bits per heavy atom. The second-order valence-corrected chi connectivity index (χ2v) is 6.19. The topological polar surface area (TPSA) is 62.0 Å². The zero-order valence-corrected chi connectivity index (χ0v) is 14.3. The van der Waals surface area contributed by atoms with E-state index in [1.165, 1.54) is 6.07 Å². The number of rotatable bonds is 3. The highest BCUT2D eigenvalue weighted by Gasteiger charge is 2.12. The summed E-state index contributed by atoms with van der Waals surface area (Å²) >= 11 is 12.0. The quantitative estimate of drug-likeness (QED) is 0.713. The monoisotopic (exact) mass is 360 g/mol. The van der Waals surface area contributed by atoms with Gasteiger partial charge in [0.05, 0.1) is 16.1 Å². The molecule has 0 atom stereocenters. The van der Waals surface area contributed by atoms with Crippen LogP contribution in [0.15, 0.2) is 47.3 Å². The van der Waals surface area contributed by atoms with Gasteiger partial charge in [-0.05, 0) is 42.3 Å². The molecule has 1 aromatic heterocycles. The summed E-state index contributed by atoms with van der Waals surface area (Å²) in [6, 6.07) is 11.7. The van der Waals surface area contributed by atoms with Gasteiger partial charge in [-0.1, -0.05) is 36.2 Å². The van der Waals surface area contributed by atoms with E-state index in [2.05, 4.69) is 10.3 Å². The number of aromatic amines is 1. The maximum absolute atomic E-state index is 12.4. The Kier molecular flexibility index (Phi) is 4.60. The van der Waals surface area contributed by atoms with E-state index < -0.39 is 0 Å². The van der Waals surface area contributed by atoms with Crippen LogP contribution in [0.5, 0.6) is 0 Å². The van der Waals surface area contributed by atoms with Gasteiger partial charge in [-0.3, -0.25) is 9.59 Å². The van der Waals surface area contributed by atoms with Crippen LogP contribution < -0.4 is 10.9 Å². The Bertz CT molecular complexity index is 996. The number of aromatic nitrogens is 1. The molecule has 0 bridgehead atoms. The van der Waals surface area contributed by atoms with E-state index in [4.69, 9.17) is 23.2 Å². The fraction of sp³-hybridized carbons (Fsp3) is 0.111. The van der Waals surface area contributed by atoms with Crippen LogP contribution in [-0.2, 0) is 6.42 Å². The predicted molar refractivity (Wildman–Crippen MR) is 98.4 cm³/mol. The molecule has 0 radical (unpaired) electrons. The van der Waals surface area contributed by atoms with Crippen molar-refractivity contribution in [2.45, 2.75) is 13.3 Å². The van der Waals surface area contributed by atoms with Crippen LogP contribution in [0.2, 0.25) is 10.0 Å². The third-order valence-electron chi connectivity index (χ3n) is 3.74. The molecule has 122 valence electrons. The first kappa shape index (κ1) is 16.6. The average Bonchev–Trinajstić information content (AvgIpc) is 2.55. The molecule has 0 saturated carbocycles. The molecule has 0 aliphatic heterocycles. The fourth-order valence-corrected chi connectivity index (χ4v) is 2.95. The zero-order chi connectivity index (χ0) is 17.3. The number of fused-ring (bicyclic) bond motifs is 1. The van der Waals surface area contributed by atoms with E-state index in [9.17, 15) is 9.59 Å². The lowest BCUT2D eigenvalue weighted by Crippen LogP contribution is -2.13. The van der Waals surface area contributed by atoms with Gasteiger partial charge in [0, 0.05) is 22.2 Å². The highest BCUT2D eigenvalue weighted by molar-refractivity contribution is 6.36. The van der Waals surface area contributed by atoms with Gasteiger partial charge in [-0.15, -0.1) is 0 Å². The molecule has 0 fully saturated rings. The maximum atomic E-state index is 12.4. The van der Waals surface area contributed by atoms with Crippen molar-refractivity contribution >= 4 is 45.7 Å². The number of nitrogens with one attached hydrogen (secondary N) is 2. The van der Waals surface area contributed by atoms with Crippen LogP contribution >= 0.6 is 23.2 Å². The van der Waals surface area contributed by atoms with Gasteiger partial charge < -0.3 is 10.3 Å². The molecular weight excluding hydrogens is 347 g/mol. The molecule has 3 aromatic rings. The number of aryl methyl sites for hydroxylation is 1. The van der Waals surface area contributed by atoms with Gasteiger partial charge >= 0.3 is 0 Å². The van der Waals surface area contributed by atoms with Gasteiger partial charge in [0.2, 0.25) is 5.56 Å². The summed E-state index contributed by atoms with van der Waals surface area (Å²) in [7, 11) is 0. The number of amides is 1. The highest BCUT2D eigenvalue weighted by Crippen LogP contribution is 2.24. The summed E-state index contributed by atoms with van der Waals surface area (Å²) in [5, 5.41) is 4.48. The van der Waals surface area contributed by atoms with Gasteiger partial charge in [-0.2, -0.15) is 0 Å².